The van der Waals surface area contributed by atoms with Crippen LogP contribution < -0.4 is 5.73 Å². The van der Waals surface area contributed by atoms with Gasteiger partial charge in [0.1, 0.15) is 0 Å². The van der Waals surface area contributed by atoms with Crippen LogP contribution >= 0.6 is 0 Å². The van der Waals surface area contributed by atoms with E-state index in [0.29, 0.717) is 12.8 Å². The number of halogens is 3. The van der Waals surface area contributed by atoms with Gasteiger partial charge in [0.05, 0.1) is 5.54 Å². The molecule has 0 atom stereocenters. The topological polar surface area (TPSA) is 46.3 Å². The van der Waals surface area contributed by atoms with Gasteiger partial charge in [0.25, 0.3) is 0 Å². The summed E-state index contributed by atoms with van der Waals surface area (Å²) in [5.74, 6) is -1.80. The zero-order chi connectivity index (χ0) is 11.0. The van der Waals surface area contributed by atoms with Gasteiger partial charge in [0.2, 0.25) is 0 Å². The molecule has 2 N–H and O–H groups in total. The predicted molar refractivity (Wildman–Crippen MR) is 44.5 cm³/mol. The molecule has 0 aromatic rings. The molecular weight excluding hydrogens is 197 g/mol. The van der Waals surface area contributed by atoms with Crippen molar-refractivity contribution in [3.8, 4) is 0 Å². The van der Waals surface area contributed by atoms with E-state index in [1.807, 2.05) is 0 Å². The number of hydrogen-bond acceptors (Lipinski definition) is 2. The van der Waals surface area contributed by atoms with Crippen molar-refractivity contribution in [3.05, 3.63) is 0 Å². The lowest BCUT2D eigenvalue weighted by Crippen LogP contribution is -2.61. The number of nitrogens with two attached hydrogens (primary N) is 1. The summed E-state index contributed by atoms with van der Waals surface area (Å²) in [5.41, 5.74) is 4.63. The third-order valence-electron chi connectivity index (χ3n) is 2.92. The van der Waals surface area contributed by atoms with Crippen LogP contribution in [0, 0.1) is 0 Å². The van der Waals surface area contributed by atoms with Crippen LogP contribution in [0.25, 0.3) is 0 Å². The van der Waals surface area contributed by atoms with Crippen molar-refractivity contribution in [3.63, 3.8) is 0 Å². The largest absolute Gasteiger partial charge is 0.471 e. The molecule has 0 radical (unpaired) electrons. The lowest BCUT2D eigenvalue weighted by atomic mass is 9.75. The lowest BCUT2D eigenvalue weighted by molar-refractivity contribution is -0.192. The van der Waals surface area contributed by atoms with E-state index in [0.717, 1.165) is 11.3 Å². The molecule has 0 aliphatic heterocycles. The Kier molecular flexibility index (Phi) is 2.76. The molecule has 1 aliphatic rings. The van der Waals surface area contributed by atoms with Crippen molar-refractivity contribution < 1.29 is 18.0 Å². The lowest BCUT2D eigenvalue weighted by Gasteiger charge is -2.48. The van der Waals surface area contributed by atoms with Gasteiger partial charge in [-0.05, 0) is 19.3 Å². The van der Waals surface area contributed by atoms with Crippen LogP contribution in [0.1, 0.15) is 19.3 Å². The fraction of sp³-hybridized carbons (Fsp3) is 0.875. The number of carbonyl (C=O) groups excluding carboxylic acids is 1. The molecule has 6 heteroatoms. The van der Waals surface area contributed by atoms with Gasteiger partial charge in [0.15, 0.2) is 0 Å². The maximum Gasteiger partial charge on any atom is 0.471 e. The molecule has 0 spiro atoms. The van der Waals surface area contributed by atoms with E-state index in [-0.39, 0.29) is 6.54 Å². The van der Waals surface area contributed by atoms with Gasteiger partial charge in [0, 0.05) is 13.6 Å². The van der Waals surface area contributed by atoms with Crippen molar-refractivity contribution in [2.45, 2.75) is 31.0 Å². The summed E-state index contributed by atoms with van der Waals surface area (Å²) in [6.07, 6.45) is -2.86. The van der Waals surface area contributed by atoms with Gasteiger partial charge in [-0.25, -0.2) is 0 Å². The predicted octanol–water partition coefficient (Wildman–Crippen LogP) is 0.889. The Morgan fingerprint density at radius 3 is 2.21 bits per heavy atom. The van der Waals surface area contributed by atoms with E-state index in [9.17, 15) is 18.0 Å². The fourth-order valence-corrected chi connectivity index (χ4v) is 1.67. The number of hydrogen-bond donors (Lipinski definition) is 1. The normalized spacial score (nSPS) is 20.1. The van der Waals surface area contributed by atoms with Crippen LogP contribution in [0.3, 0.4) is 0 Å². The average molecular weight is 210 g/mol. The van der Waals surface area contributed by atoms with Crippen molar-refractivity contribution in [2.24, 2.45) is 5.73 Å². The van der Waals surface area contributed by atoms with Crippen LogP contribution in [0.15, 0.2) is 0 Å². The van der Waals surface area contributed by atoms with Crippen molar-refractivity contribution in [1.29, 1.82) is 0 Å². The Labute approximate surface area is 80.0 Å². The third kappa shape index (κ3) is 1.70. The second kappa shape index (κ2) is 3.42. The average Bonchev–Trinajstić information content (AvgIpc) is 2.00. The fourth-order valence-electron chi connectivity index (χ4n) is 1.67. The first-order chi connectivity index (χ1) is 6.33. The quantitative estimate of drug-likeness (QED) is 0.735. The second-order valence-electron chi connectivity index (χ2n) is 3.64. The minimum atomic E-state index is -4.80. The zero-order valence-electron chi connectivity index (χ0n) is 7.90. The molecule has 1 amide bonds. The molecular formula is C8H13F3N2O. The van der Waals surface area contributed by atoms with Gasteiger partial charge in [-0.2, -0.15) is 13.2 Å². The van der Waals surface area contributed by atoms with Crippen LogP contribution in [-0.2, 0) is 4.79 Å². The van der Waals surface area contributed by atoms with Gasteiger partial charge in [-0.3, -0.25) is 4.79 Å². The molecule has 0 bridgehead atoms. The molecule has 14 heavy (non-hydrogen) atoms. The summed E-state index contributed by atoms with van der Waals surface area (Å²) in [7, 11) is 1.17. The smallest absolute Gasteiger partial charge is 0.331 e. The maximum atomic E-state index is 12.1. The minimum Gasteiger partial charge on any atom is -0.331 e. The summed E-state index contributed by atoms with van der Waals surface area (Å²) in [4.78, 5) is 11.7. The molecule has 1 saturated carbocycles. The SMILES string of the molecule is CN(C(=O)C(F)(F)F)C1(CN)CCC1. The number of nitrogens with zero attached hydrogens (tertiary/aromatic N) is 1. The number of alkyl halides is 3. The Hall–Kier alpha value is -0.780. The molecule has 0 unspecified atom stereocenters. The summed E-state index contributed by atoms with van der Waals surface area (Å²) in [6.45, 7) is 0.0886. The first-order valence-corrected chi connectivity index (χ1v) is 4.38. The van der Waals surface area contributed by atoms with Crippen LogP contribution in [0.5, 0.6) is 0 Å². The van der Waals surface area contributed by atoms with E-state index in [4.69, 9.17) is 5.73 Å². The summed E-state index contributed by atoms with van der Waals surface area (Å²) in [5, 5.41) is 0. The Bertz CT molecular complexity index is 230. The number of rotatable bonds is 2. The first kappa shape index (κ1) is 11.3. The monoisotopic (exact) mass is 210 g/mol. The van der Waals surface area contributed by atoms with E-state index < -0.39 is 17.6 Å². The maximum absolute atomic E-state index is 12.1. The molecule has 0 aromatic heterocycles. The summed E-state index contributed by atoms with van der Waals surface area (Å²) >= 11 is 0. The van der Waals surface area contributed by atoms with E-state index in [1.54, 1.807) is 0 Å². The number of carbonyl (C=O) groups is 1. The Balaban J connectivity index is 2.73. The van der Waals surface area contributed by atoms with Gasteiger partial charge < -0.3 is 10.6 Å². The Morgan fingerprint density at radius 1 is 1.50 bits per heavy atom. The molecule has 0 heterocycles. The first-order valence-electron chi connectivity index (χ1n) is 4.38. The van der Waals surface area contributed by atoms with Gasteiger partial charge >= 0.3 is 12.1 Å². The molecule has 0 saturated heterocycles. The van der Waals surface area contributed by atoms with Crippen LogP contribution in [-0.4, -0.2) is 36.1 Å². The highest BCUT2D eigenvalue weighted by atomic mass is 19.4. The van der Waals surface area contributed by atoms with Crippen molar-refractivity contribution in [2.75, 3.05) is 13.6 Å². The highest BCUT2D eigenvalue weighted by Crippen LogP contribution is 2.37. The zero-order valence-corrected chi connectivity index (χ0v) is 7.90. The summed E-state index contributed by atoms with van der Waals surface area (Å²) < 4.78 is 36.3. The number of likely N-dealkylation sites (N-methyl/N-ethyl adjacent to an activating group) is 1. The van der Waals surface area contributed by atoms with Crippen molar-refractivity contribution >= 4 is 5.91 Å². The van der Waals surface area contributed by atoms with Crippen LogP contribution in [0.2, 0.25) is 0 Å². The third-order valence-corrected chi connectivity index (χ3v) is 2.92. The van der Waals surface area contributed by atoms with E-state index in [1.165, 1.54) is 7.05 Å². The van der Waals surface area contributed by atoms with Crippen molar-refractivity contribution in [1.82, 2.24) is 4.90 Å². The molecule has 1 aliphatic carbocycles. The second-order valence-corrected chi connectivity index (χ2v) is 3.64. The van der Waals surface area contributed by atoms with E-state index >= 15 is 0 Å². The molecule has 1 rings (SSSR count). The molecule has 82 valence electrons. The highest BCUT2D eigenvalue weighted by Gasteiger charge is 2.50. The highest BCUT2D eigenvalue weighted by molar-refractivity contribution is 5.82. The number of amides is 1. The van der Waals surface area contributed by atoms with Crippen LogP contribution in [0.4, 0.5) is 13.2 Å². The minimum absolute atomic E-state index is 0.0886. The molecule has 3 nitrogen and oxygen atoms in total. The molecule has 0 aromatic carbocycles. The standard InChI is InChI=1S/C8H13F3N2O/c1-13(6(14)8(9,10)11)7(5-12)3-2-4-7/h2-5,12H2,1H3. The van der Waals surface area contributed by atoms with Gasteiger partial charge in [-0.1, -0.05) is 0 Å². The van der Waals surface area contributed by atoms with Gasteiger partial charge in [-0.15, -0.1) is 0 Å². The Morgan fingerprint density at radius 2 is 2.00 bits per heavy atom. The summed E-state index contributed by atoms with van der Waals surface area (Å²) in [6, 6.07) is 0. The molecule has 1 fully saturated rings. The van der Waals surface area contributed by atoms with E-state index in [2.05, 4.69) is 0 Å².